The third-order valence-corrected chi connectivity index (χ3v) is 6.51. The molecule has 0 aromatic rings. The molecule has 0 bridgehead atoms. The van der Waals surface area contributed by atoms with Crippen LogP contribution in [0.1, 0.15) is 33.1 Å². The zero-order valence-corrected chi connectivity index (χ0v) is 11.6. The van der Waals surface area contributed by atoms with Crippen molar-refractivity contribution in [3.63, 3.8) is 0 Å². The van der Waals surface area contributed by atoms with Gasteiger partial charge in [0.1, 0.15) is 23.0 Å². The first-order valence-electron chi connectivity index (χ1n) is 6.88. The Bertz CT molecular complexity index is 622. The number of cyclic esters (lactones) is 1. The monoisotopic (exact) mass is 276 g/mol. The predicted molar refractivity (Wildman–Crippen MR) is 66.4 cm³/mol. The molecule has 2 aliphatic carbocycles. The van der Waals surface area contributed by atoms with Crippen LogP contribution >= 0.6 is 0 Å². The molecule has 20 heavy (non-hydrogen) atoms. The van der Waals surface area contributed by atoms with E-state index in [1.165, 1.54) is 0 Å². The maximum atomic E-state index is 13.2. The van der Waals surface area contributed by atoms with Gasteiger partial charge < -0.3 is 9.47 Å². The lowest BCUT2D eigenvalue weighted by atomic mass is 9.63. The summed E-state index contributed by atoms with van der Waals surface area (Å²) >= 11 is 0. The average Bonchev–Trinajstić information content (AvgIpc) is 2.97. The first-order chi connectivity index (χ1) is 9.26. The molecule has 0 amide bonds. The molecule has 2 saturated heterocycles. The van der Waals surface area contributed by atoms with E-state index in [1.54, 1.807) is 6.92 Å². The fraction of sp³-hybridized carbons (Fsp3) is 0.667. The van der Waals surface area contributed by atoms with Gasteiger partial charge in [0.25, 0.3) is 0 Å². The lowest BCUT2D eigenvalue weighted by Crippen LogP contribution is -2.52. The van der Waals surface area contributed by atoms with Crippen molar-refractivity contribution in [2.24, 2.45) is 16.2 Å². The van der Waals surface area contributed by atoms with Crippen LogP contribution in [-0.4, -0.2) is 29.9 Å². The Morgan fingerprint density at radius 2 is 1.90 bits per heavy atom. The van der Waals surface area contributed by atoms with Crippen LogP contribution in [0.4, 0.5) is 0 Å². The Kier molecular flexibility index (Phi) is 1.73. The standard InChI is InChI=1S/C15H16O5/c1-8-4-5-15-12(2)7-19-11(18)13(12,3)10(17)14(8,15)6-9(16)20-15/h1,4-7H2,2-3H3/t12-,13+,14?,15+/m1/s1. The van der Waals surface area contributed by atoms with Gasteiger partial charge in [-0.05, 0) is 19.8 Å². The molecule has 4 fully saturated rings. The number of ketones is 1. The van der Waals surface area contributed by atoms with Gasteiger partial charge >= 0.3 is 11.9 Å². The number of rotatable bonds is 0. The van der Waals surface area contributed by atoms with E-state index in [2.05, 4.69) is 6.58 Å². The molecular weight excluding hydrogens is 260 g/mol. The number of esters is 2. The summed E-state index contributed by atoms with van der Waals surface area (Å²) < 4.78 is 10.9. The molecule has 0 N–H and O–H groups in total. The highest BCUT2D eigenvalue weighted by atomic mass is 16.6. The Morgan fingerprint density at radius 3 is 2.60 bits per heavy atom. The minimum Gasteiger partial charge on any atom is -0.464 e. The van der Waals surface area contributed by atoms with E-state index >= 15 is 0 Å². The van der Waals surface area contributed by atoms with Crippen LogP contribution in [0.5, 0.6) is 0 Å². The first kappa shape index (κ1) is 12.1. The van der Waals surface area contributed by atoms with E-state index in [9.17, 15) is 14.4 Å². The largest absolute Gasteiger partial charge is 0.464 e. The van der Waals surface area contributed by atoms with Gasteiger partial charge in [-0.2, -0.15) is 0 Å². The number of carbonyl (C=O) groups is 3. The molecule has 5 nitrogen and oxygen atoms in total. The molecule has 0 aromatic carbocycles. The summed E-state index contributed by atoms with van der Waals surface area (Å²) in [6.07, 6.45) is 1.22. The maximum absolute atomic E-state index is 13.2. The highest BCUT2D eigenvalue weighted by Gasteiger charge is 2.90. The third kappa shape index (κ3) is 0.757. The summed E-state index contributed by atoms with van der Waals surface area (Å²) in [5, 5.41) is 0. The minimum absolute atomic E-state index is 0.0170. The number of carbonyl (C=O) groups excluding carboxylic acids is 3. The van der Waals surface area contributed by atoms with Crippen LogP contribution in [0.2, 0.25) is 0 Å². The second kappa shape index (κ2) is 2.85. The summed E-state index contributed by atoms with van der Waals surface area (Å²) in [4.78, 5) is 37.3. The van der Waals surface area contributed by atoms with E-state index in [0.717, 1.165) is 5.57 Å². The Balaban J connectivity index is 2.08. The van der Waals surface area contributed by atoms with Crippen LogP contribution in [-0.2, 0) is 23.9 Å². The lowest BCUT2D eigenvalue weighted by Gasteiger charge is -2.41. The topological polar surface area (TPSA) is 69.7 Å². The lowest BCUT2D eigenvalue weighted by molar-refractivity contribution is -0.166. The van der Waals surface area contributed by atoms with Crippen LogP contribution < -0.4 is 0 Å². The second-order valence-corrected chi connectivity index (χ2v) is 6.85. The van der Waals surface area contributed by atoms with Gasteiger partial charge in [0.2, 0.25) is 0 Å². The maximum Gasteiger partial charge on any atom is 0.320 e. The fourth-order valence-electron chi connectivity index (χ4n) is 5.19. The van der Waals surface area contributed by atoms with Crippen molar-refractivity contribution in [2.75, 3.05) is 6.61 Å². The predicted octanol–water partition coefficient (Wildman–Crippen LogP) is 1.16. The van der Waals surface area contributed by atoms with Gasteiger partial charge in [-0.3, -0.25) is 14.4 Å². The van der Waals surface area contributed by atoms with Crippen LogP contribution in [0.25, 0.3) is 0 Å². The molecule has 1 unspecified atom stereocenters. The molecule has 106 valence electrons. The molecule has 4 rings (SSSR count). The second-order valence-electron chi connectivity index (χ2n) is 6.85. The van der Waals surface area contributed by atoms with E-state index in [1.807, 2.05) is 6.92 Å². The van der Waals surface area contributed by atoms with Crippen LogP contribution in [0.3, 0.4) is 0 Å². The molecular formula is C15H16O5. The number of fused-ring (bicyclic) bond motifs is 1. The zero-order chi connectivity index (χ0) is 14.6. The van der Waals surface area contributed by atoms with Gasteiger partial charge in [-0.1, -0.05) is 19.1 Å². The van der Waals surface area contributed by atoms with E-state index in [-0.39, 0.29) is 24.8 Å². The zero-order valence-electron chi connectivity index (χ0n) is 11.6. The SMILES string of the molecule is C=C1CC[C@@]23OC(=O)CC12C(=O)[C@@]1(C)C(=O)OC[C@]13C. The Hall–Kier alpha value is -1.65. The van der Waals surface area contributed by atoms with Gasteiger partial charge in [0.05, 0.1) is 11.8 Å². The van der Waals surface area contributed by atoms with E-state index in [0.29, 0.717) is 12.8 Å². The molecule has 2 aliphatic heterocycles. The number of hydrogen-bond donors (Lipinski definition) is 0. The summed E-state index contributed by atoms with van der Waals surface area (Å²) in [6.45, 7) is 7.62. The van der Waals surface area contributed by atoms with Gasteiger partial charge in [-0.25, -0.2) is 0 Å². The smallest absolute Gasteiger partial charge is 0.320 e. The first-order valence-corrected chi connectivity index (χ1v) is 6.88. The molecule has 0 spiro atoms. The number of hydrogen-bond acceptors (Lipinski definition) is 5. The molecule has 4 aliphatic rings. The van der Waals surface area contributed by atoms with Crippen molar-refractivity contribution in [3.05, 3.63) is 12.2 Å². The van der Waals surface area contributed by atoms with Gasteiger partial charge in [-0.15, -0.1) is 0 Å². The quantitative estimate of drug-likeness (QED) is 0.377. The molecule has 5 heteroatoms. The van der Waals surface area contributed by atoms with Crippen molar-refractivity contribution in [1.29, 1.82) is 0 Å². The molecule has 4 atom stereocenters. The summed E-state index contributed by atoms with van der Waals surface area (Å²) in [5.41, 5.74) is -3.28. The van der Waals surface area contributed by atoms with Crippen molar-refractivity contribution < 1.29 is 23.9 Å². The number of Topliss-reactive ketones (excluding diaryl/α,β-unsaturated/α-hetero) is 1. The summed E-state index contributed by atoms with van der Waals surface area (Å²) in [6, 6.07) is 0. The minimum atomic E-state index is -1.24. The van der Waals surface area contributed by atoms with Gasteiger partial charge in [0, 0.05) is 0 Å². The van der Waals surface area contributed by atoms with E-state index in [4.69, 9.17) is 9.47 Å². The van der Waals surface area contributed by atoms with Crippen molar-refractivity contribution in [2.45, 2.75) is 38.7 Å². The van der Waals surface area contributed by atoms with Gasteiger partial charge in [0.15, 0.2) is 5.78 Å². The van der Waals surface area contributed by atoms with Crippen molar-refractivity contribution in [1.82, 2.24) is 0 Å². The van der Waals surface area contributed by atoms with Crippen LogP contribution in [0.15, 0.2) is 12.2 Å². The summed E-state index contributed by atoms with van der Waals surface area (Å²) in [5.74, 6) is -1.10. The number of ether oxygens (including phenoxy) is 2. The molecule has 0 aromatic heterocycles. The highest BCUT2D eigenvalue weighted by molar-refractivity contribution is 6.15. The molecule has 0 radical (unpaired) electrons. The summed E-state index contributed by atoms with van der Waals surface area (Å²) in [7, 11) is 0. The Labute approximate surface area is 116 Å². The molecule has 2 heterocycles. The average molecular weight is 276 g/mol. The van der Waals surface area contributed by atoms with E-state index < -0.39 is 27.8 Å². The molecule has 2 saturated carbocycles. The fourth-order valence-corrected chi connectivity index (χ4v) is 5.19. The Morgan fingerprint density at radius 1 is 1.20 bits per heavy atom. The normalized spacial score (nSPS) is 52.7. The highest BCUT2D eigenvalue weighted by Crippen LogP contribution is 2.77. The van der Waals surface area contributed by atoms with Crippen LogP contribution in [0, 0.1) is 16.2 Å². The van der Waals surface area contributed by atoms with Crippen molar-refractivity contribution in [3.8, 4) is 0 Å². The third-order valence-electron chi connectivity index (χ3n) is 6.51. The van der Waals surface area contributed by atoms with Crippen molar-refractivity contribution >= 4 is 17.7 Å².